The van der Waals surface area contributed by atoms with E-state index in [0.717, 1.165) is 29.9 Å². The van der Waals surface area contributed by atoms with Crippen LogP contribution in [0.25, 0.3) is 0 Å². The molecule has 0 spiro atoms. The summed E-state index contributed by atoms with van der Waals surface area (Å²) in [5.41, 5.74) is -0.514. The maximum Gasteiger partial charge on any atom is 0.333 e. The lowest BCUT2D eigenvalue weighted by Crippen LogP contribution is -2.38. The summed E-state index contributed by atoms with van der Waals surface area (Å²) in [5.74, 6) is -2.52. The van der Waals surface area contributed by atoms with Crippen LogP contribution in [0.3, 0.4) is 0 Å². The fourth-order valence-corrected chi connectivity index (χ4v) is 9.13. The Morgan fingerprint density at radius 1 is 0.336 bits per heavy atom. The van der Waals surface area contributed by atoms with Crippen LogP contribution in [0.1, 0.15) is 154 Å². The summed E-state index contributed by atoms with van der Waals surface area (Å²) in [7, 11) is 0. The van der Waals surface area contributed by atoms with Crippen LogP contribution in [0.5, 0.6) is 11.5 Å². The molecule has 0 aliphatic carbocycles. The zero-order valence-corrected chi connectivity index (χ0v) is 56.9. The van der Waals surface area contributed by atoms with Crippen LogP contribution in [0.4, 0.5) is 0 Å². The van der Waals surface area contributed by atoms with Crippen LogP contribution in [0.2, 0.25) is 0 Å². The van der Waals surface area contributed by atoms with E-state index in [1.165, 1.54) is 26.0 Å². The number of esters is 4. The Morgan fingerprint density at radius 3 is 0.963 bits per heavy atom. The van der Waals surface area contributed by atoms with Crippen LogP contribution in [0.15, 0.2) is 319 Å². The molecule has 2 atom stereocenters. The first-order valence-electron chi connectivity index (χ1n) is 31.4. The average molecular weight is 1460 g/mol. The number of benzene rings is 8. The molecule has 1 N–H and O–H groups in total. The van der Waals surface area contributed by atoms with E-state index < -0.39 is 46.3 Å². The molecule has 568 valence electrons. The number of rotatable bonds is 31. The molecule has 0 saturated carbocycles. The van der Waals surface area contributed by atoms with Gasteiger partial charge in [0, 0.05) is 70.5 Å². The van der Waals surface area contributed by atoms with Gasteiger partial charge in [0.15, 0.2) is 39.8 Å². The van der Waals surface area contributed by atoms with Crippen LogP contribution in [-0.4, -0.2) is 89.3 Å². The number of ketones is 5. The minimum absolute atomic E-state index is 0. The third-order valence-electron chi connectivity index (χ3n) is 14.3. The first kappa shape index (κ1) is 98.9. The van der Waals surface area contributed by atoms with Crippen molar-refractivity contribution >= 4 is 52.8 Å². The third-order valence-corrected chi connectivity index (χ3v) is 14.3. The van der Waals surface area contributed by atoms with Gasteiger partial charge in [0.25, 0.3) is 0 Å². The van der Waals surface area contributed by atoms with E-state index in [0.29, 0.717) is 63.5 Å². The van der Waals surface area contributed by atoms with E-state index in [2.05, 4.69) is 50.8 Å². The van der Waals surface area contributed by atoms with Crippen LogP contribution >= 0.6 is 0 Å². The lowest BCUT2D eigenvalue weighted by molar-refractivity contribution is -0.147. The Labute approximate surface area is 633 Å². The van der Waals surface area contributed by atoms with Gasteiger partial charge >= 0.3 is 23.9 Å². The first-order valence-corrected chi connectivity index (χ1v) is 31.4. The molecule has 8 rings (SSSR count). The van der Waals surface area contributed by atoms with E-state index in [1.807, 2.05) is 97.1 Å². The van der Waals surface area contributed by atoms with E-state index in [1.54, 1.807) is 153 Å². The molecule has 0 radical (unpaired) electrons. The summed E-state index contributed by atoms with van der Waals surface area (Å²) in [6.07, 6.45) is 9.65. The topological polar surface area (TPSA) is 238 Å². The molecule has 0 bridgehead atoms. The fourth-order valence-electron chi connectivity index (χ4n) is 9.13. The summed E-state index contributed by atoms with van der Waals surface area (Å²) >= 11 is 0. The van der Waals surface area contributed by atoms with E-state index in [-0.39, 0.29) is 93.5 Å². The number of carbonyl (C=O) groups is 9. The van der Waals surface area contributed by atoms with Crippen molar-refractivity contribution in [3.05, 3.63) is 364 Å². The van der Waals surface area contributed by atoms with Crippen molar-refractivity contribution in [1.29, 1.82) is 0 Å². The number of ether oxygens (including phenoxy) is 7. The van der Waals surface area contributed by atoms with Crippen molar-refractivity contribution in [2.45, 2.75) is 108 Å². The lowest BCUT2D eigenvalue weighted by Gasteiger charge is -2.32. The van der Waals surface area contributed by atoms with Crippen molar-refractivity contribution in [2.24, 2.45) is 0 Å². The Balaban J connectivity index is -0.00000125. The third kappa shape index (κ3) is 31.3. The van der Waals surface area contributed by atoms with Crippen LogP contribution < -0.4 is 9.47 Å². The molecule has 8 aromatic rings. The molecule has 0 aliphatic rings. The summed E-state index contributed by atoms with van der Waals surface area (Å²) in [6.45, 7) is 30.2. The van der Waals surface area contributed by atoms with Crippen LogP contribution in [0, 0.1) is 0 Å². The molecule has 0 aromatic heterocycles. The van der Waals surface area contributed by atoms with Crippen molar-refractivity contribution in [3.8, 4) is 11.5 Å². The quantitative estimate of drug-likeness (QED) is 0.0106. The second kappa shape index (κ2) is 51.0. The Hall–Kier alpha value is -12.3. The van der Waals surface area contributed by atoms with Gasteiger partial charge < -0.3 is 38.3 Å². The number of carbonyl (C=O) groups excluding carboxylic acids is 9. The smallest absolute Gasteiger partial charge is 0.333 e. The maximum absolute atomic E-state index is 13.2. The second-order valence-electron chi connectivity index (χ2n) is 22.3. The summed E-state index contributed by atoms with van der Waals surface area (Å²) in [6, 6.07) is 67.1. The monoisotopic (exact) mass is 1460 g/mol. The van der Waals surface area contributed by atoms with E-state index >= 15 is 0 Å². The van der Waals surface area contributed by atoms with Crippen molar-refractivity contribution in [2.75, 3.05) is 20.2 Å². The van der Waals surface area contributed by atoms with Gasteiger partial charge in [0.2, 0.25) is 25.2 Å². The van der Waals surface area contributed by atoms with Gasteiger partial charge in [-0.2, -0.15) is 0 Å². The molecule has 2 unspecified atom stereocenters. The van der Waals surface area contributed by atoms with Gasteiger partial charge in [-0.15, -0.1) is 19.7 Å². The maximum atomic E-state index is 13.2. The van der Waals surface area contributed by atoms with E-state index in [9.17, 15) is 48.3 Å². The Morgan fingerprint density at radius 2 is 0.626 bits per heavy atom. The second-order valence-corrected chi connectivity index (χ2v) is 22.3. The molecule has 17 nitrogen and oxygen atoms in total. The predicted molar refractivity (Wildman–Crippen MR) is 428 cm³/mol. The van der Waals surface area contributed by atoms with Gasteiger partial charge in [0.1, 0.15) is 11.5 Å². The highest BCUT2D eigenvalue weighted by molar-refractivity contribution is 6.09. The van der Waals surface area contributed by atoms with Crippen LogP contribution in [-0.2, 0) is 54.1 Å². The standard InChI is InChI=1S/C20H20O2.C17H18O6.C17H14O4.C17H16O2.C13H14O3.6CH4/c1-3-15-20(22-16-4-2,18-13-9-6-10-14-18)19(21)17-11-7-5-8-12-17;1-5-14(18)22-11-21-13-9-7-12(8-10-13)16(20)17(3,4)23-15(19)6-2;1-2-16(18)21-12-20-15-10-8-14(9-11-15)17(19)13-6-4-3-5-7-13;1-2-13-17(19,15-11-7-4-8-12-15)16(18)14-9-5-3-6-10-14;1-4-11(14)16-13(2,3)12(15)10-8-6-5-7-9-10;;;;;;/h3-14H,1-2,15-16H2;5-10H,1-2,11H2,3-4H3;2-11H,1,12H2;2-12,19H,1,13H2;4-9H,1H2,2-3H3;6*1H4. The number of Topliss-reactive ketones (excluding diaryl/α,β-unsaturated/α-hetero) is 4. The van der Waals surface area contributed by atoms with Crippen molar-refractivity contribution < 1.29 is 81.4 Å². The summed E-state index contributed by atoms with van der Waals surface area (Å²) in [5, 5.41) is 10.8. The molecule has 0 heterocycles. The minimum atomic E-state index is -1.55. The normalized spacial score (nSPS) is 10.8. The zero-order valence-electron chi connectivity index (χ0n) is 56.9. The predicted octanol–water partition coefficient (Wildman–Crippen LogP) is 19.5. The zero-order chi connectivity index (χ0) is 74.3. The highest BCUT2D eigenvalue weighted by Gasteiger charge is 2.41. The van der Waals surface area contributed by atoms with Gasteiger partial charge in [-0.05, 0) is 87.4 Å². The van der Waals surface area contributed by atoms with Crippen molar-refractivity contribution in [1.82, 2.24) is 0 Å². The minimum Gasteiger partial charge on any atom is -0.457 e. The Bertz CT molecular complexity index is 4080. The molecular weight excluding hydrogens is 1350 g/mol. The fraction of sp³-hybridized carbons (Fsp3) is 0.211. The Kier molecular flexibility index (Phi) is 47.1. The molecule has 8 aromatic carbocycles. The molecule has 0 aliphatic heterocycles. The molecule has 107 heavy (non-hydrogen) atoms. The highest BCUT2D eigenvalue weighted by atomic mass is 16.7. The SMILES string of the molecule is C.C.C.C.C.C.C=CC(=O)OC(C)(C)C(=O)c1ccccc1.C=CC(=O)OCOc1ccc(C(=O)C(C)(C)OC(=O)C=C)cc1.C=CC(=O)OCOc1ccc(C(=O)c2ccccc2)cc1.C=CCC(O)(C(=O)c1ccccc1)c1ccccc1.C=CCOC(CC=C)(C(=O)c1ccccc1)c1ccccc1. The molecule has 0 saturated heterocycles. The molecular formula is C90H106O17. The number of hydrogen-bond donors (Lipinski definition) is 1. The van der Waals surface area contributed by atoms with Gasteiger partial charge in [-0.3, -0.25) is 24.0 Å². The molecule has 0 amide bonds. The van der Waals surface area contributed by atoms with Gasteiger partial charge in [-0.1, -0.05) is 271 Å². The largest absolute Gasteiger partial charge is 0.457 e. The summed E-state index contributed by atoms with van der Waals surface area (Å²) in [4.78, 5) is 106. The molecule has 0 fully saturated rings. The lowest BCUT2D eigenvalue weighted by atomic mass is 9.83. The molecule has 17 heteroatoms. The number of aliphatic hydroxyl groups is 1. The van der Waals surface area contributed by atoms with E-state index in [4.69, 9.17) is 28.4 Å². The first-order chi connectivity index (χ1) is 48.4. The average Bonchev–Trinajstić information content (AvgIpc) is 0.791. The highest BCUT2D eigenvalue weighted by Crippen LogP contribution is 2.35. The summed E-state index contributed by atoms with van der Waals surface area (Å²) < 4.78 is 35.8. The van der Waals surface area contributed by atoms with Gasteiger partial charge in [0.05, 0.1) is 6.61 Å². The van der Waals surface area contributed by atoms with Gasteiger partial charge in [-0.25, -0.2) is 19.2 Å². The number of hydrogen-bond acceptors (Lipinski definition) is 17. The van der Waals surface area contributed by atoms with Crippen molar-refractivity contribution in [3.63, 3.8) is 0 Å².